The summed E-state index contributed by atoms with van der Waals surface area (Å²) >= 11 is 1.57. The van der Waals surface area contributed by atoms with Crippen molar-refractivity contribution in [3.05, 3.63) is 70.6 Å². The van der Waals surface area contributed by atoms with Gasteiger partial charge in [-0.3, -0.25) is 0 Å². The van der Waals surface area contributed by atoms with E-state index >= 15 is 0 Å². The zero-order chi connectivity index (χ0) is 13.4. The van der Waals surface area contributed by atoms with E-state index in [9.17, 15) is 8.78 Å². The molecule has 0 bridgehead atoms. The molecule has 0 saturated heterocycles. The second-order valence-corrected chi connectivity index (χ2v) is 5.24. The number of hydrogen-bond donors (Lipinski definition) is 1. The van der Waals surface area contributed by atoms with Crippen molar-refractivity contribution in [1.29, 1.82) is 0 Å². The first-order chi connectivity index (χ1) is 9.16. The fourth-order valence-electron chi connectivity index (χ4n) is 2.16. The number of hydrogen-bond acceptors (Lipinski definition) is 2. The minimum atomic E-state index is -0.609. The lowest BCUT2D eigenvalue weighted by atomic mass is 9.98. The molecule has 0 radical (unpaired) electrons. The number of nitrogens with two attached hydrogens (primary N) is 1. The van der Waals surface area contributed by atoms with Crippen LogP contribution in [0.3, 0.4) is 0 Å². The van der Waals surface area contributed by atoms with E-state index in [0.717, 1.165) is 21.7 Å². The van der Waals surface area contributed by atoms with Crippen molar-refractivity contribution < 1.29 is 8.78 Å². The number of halogens is 2. The predicted molar refractivity (Wildman–Crippen MR) is 74.2 cm³/mol. The lowest BCUT2D eigenvalue weighted by Gasteiger charge is -2.12. The van der Waals surface area contributed by atoms with Gasteiger partial charge < -0.3 is 5.73 Å². The van der Waals surface area contributed by atoms with Gasteiger partial charge in [0, 0.05) is 16.3 Å². The van der Waals surface area contributed by atoms with E-state index in [-0.39, 0.29) is 0 Å². The van der Waals surface area contributed by atoms with Crippen LogP contribution in [-0.4, -0.2) is 0 Å². The van der Waals surface area contributed by atoms with Crippen LogP contribution >= 0.6 is 11.3 Å². The average Bonchev–Trinajstić information content (AvgIpc) is 2.82. The minimum absolute atomic E-state index is 0.310. The Morgan fingerprint density at radius 3 is 2.58 bits per heavy atom. The van der Waals surface area contributed by atoms with Crippen molar-refractivity contribution in [3.63, 3.8) is 0 Å². The maximum absolute atomic E-state index is 13.8. The molecule has 1 atom stereocenters. The highest BCUT2D eigenvalue weighted by Gasteiger charge is 2.17. The standard InChI is InChI=1S/C15H11F2NS/c16-9-5-6-11(13(17)7-9)15(18)12-8-19-14-4-2-1-3-10(12)14/h1-8,15H,18H2. The van der Waals surface area contributed by atoms with Crippen LogP contribution in [0.1, 0.15) is 17.2 Å². The molecule has 1 heterocycles. The van der Waals surface area contributed by atoms with Crippen LogP contribution in [0.5, 0.6) is 0 Å². The largest absolute Gasteiger partial charge is 0.320 e. The molecule has 0 fully saturated rings. The van der Waals surface area contributed by atoms with E-state index in [2.05, 4.69) is 0 Å². The highest BCUT2D eigenvalue weighted by molar-refractivity contribution is 7.17. The third-order valence-corrected chi connectivity index (χ3v) is 4.13. The molecule has 96 valence electrons. The third-order valence-electron chi connectivity index (χ3n) is 3.14. The van der Waals surface area contributed by atoms with Crippen LogP contribution in [-0.2, 0) is 0 Å². The molecular weight excluding hydrogens is 264 g/mol. The molecule has 2 N–H and O–H groups in total. The summed E-state index contributed by atoms with van der Waals surface area (Å²) in [5.74, 6) is -1.20. The monoisotopic (exact) mass is 275 g/mol. The summed E-state index contributed by atoms with van der Waals surface area (Å²) in [6.07, 6.45) is 0. The predicted octanol–water partition coefficient (Wildman–Crippen LogP) is 4.23. The Bertz CT molecular complexity index is 736. The Kier molecular flexibility index (Phi) is 3.05. The molecule has 0 spiro atoms. The van der Waals surface area contributed by atoms with Crippen LogP contribution in [0.4, 0.5) is 8.78 Å². The molecule has 0 aliphatic heterocycles. The highest BCUT2D eigenvalue weighted by Crippen LogP contribution is 2.33. The molecule has 0 aliphatic carbocycles. The van der Waals surface area contributed by atoms with Gasteiger partial charge in [-0.15, -0.1) is 11.3 Å². The summed E-state index contributed by atoms with van der Waals surface area (Å²) in [5, 5.41) is 2.95. The molecule has 0 saturated carbocycles. The normalized spacial score (nSPS) is 12.8. The van der Waals surface area contributed by atoms with Crippen molar-refractivity contribution in [2.45, 2.75) is 6.04 Å². The van der Waals surface area contributed by atoms with Crippen molar-refractivity contribution in [2.75, 3.05) is 0 Å². The summed E-state index contributed by atoms with van der Waals surface area (Å²) < 4.78 is 27.8. The number of thiophene rings is 1. The quantitative estimate of drug-likeness (QED) is 0.744. The number of benzene rings is 2. The Morgan fingerprint density at radius 1 is 1.00 bits per heavy atom. The summed E-state index contributed by atoms with van der Waals surface area (Å²) in [4.78, 5) is 0. The van der Waals surface area contributed by atoms with Gasteiger partial charge in [0.25, 0.3) is 0 Å². The molecule has 19 heavy (non-hydrogen) atoms. The van der Waals surface area contributed by atoms with Gasteiger partial charge in [0.15, 0.2) is 0 Å². The molecule has 3 rings (SSSR count). The van der Waals surface area contributed by atoms with Gasteiger partial charge in [0.1, 0.15) is 11.6 Å². The van der Waals surface area contributed by atoms with E-state index < -0.39 is 17.7 Å². The van der Waals surface area contributed by atoms with Gasteiger partial charge in [-0.05, 0) is 28.5 Å². The van der Waals surface area contributed by atoms with E-state index in [1.165, 1.54) is 12.1 Å². The Hall–Kier alpha value is -1.78. The van der Waals surface area contributed by atoms with Crippen LogP contribution in [0.15, 0.2) is 47.8 Å². The molecular formula is C15H11F2NS. The fourth-order valence-corrected chi connectivity index (χ4v) is 3.16. The SMILES string of the molecule is NC(c1ccc(F)cc1F)c1csc2ccccc12. The van der Waals surface area contributed by atoms with E-state index in [4.69, 9.17) is 5.73 Å². The summed E-state index contributed by atoms with van der Waals surface area (Å²) in [6.45, 7) is 0. The Labute approximate surface area is 113 Å². The van der Waals surface area contributed by atoms with Crippen molar-refractivity contribution in [1.82, 2.24) is 0 Å². The molecule has 2 aromatic carbocycles. The molecule has 0 amide bonds. The lowest BCUT2D eigenvalue weighted by Crippen LogP contribution is -2.13. The van der Waals surface area contributed by atoms with Crippen LogP contribution in [0, 0.1) is 11.6 Å². The number of fused-ring (bicyclic) bond motifs is 1. The van der Waals surface area contributed by atoms with Gasteiger partial charge >= 0.3 is 0 Å². The molecule has 1 nitrogen and oxygen atoms in total. The second-order valence-electron chi connectivity index (χ2n) is 4.33. The first-order valence-corrected chi connectivity index (χ1v) is 6.71. The minimum Gasteiger partial charge on any atom is -0.320 e. The van der Waals surface area contributed by atoms with Crippen LogP contribution < -0.4 is 5.73 Å². The van der Waals surface area contributed by atoms with Crippen LogP contribution in [0.2, 0.25) is 0 Å². The molecule has 0 aliphatic rings. The topological polar surface area (TPSA) is 26.0 Å². The van der Waals surface area contributed by atoms with Gasteiger partial charge in [-0.2, -0.15) is 0 Å². The van der Waals surface area contributed by atoms with E-state index in [0.29, 0.717) is 5.56 Å². The van der Waals surface area contributed by atoms with Crippen molar-refractivity contribution >= 4 is 21.4 Å². The molecule has 1 aromatic heterocycles. The molecule has 1 unspecified atom stereocenters. The molecule has 4 heteroatoms. The highest BCUT2D eigenvalue weighted by atomic mass is 32.1. The zero-order valence-corrected chi connectivity index (χ0v) is 10.8. The fraction of sp³-hybridized carbons (Fsp3) is 0.0667. The van der Waals surface area contributed by atoms with Gasteiger partial charge in [0.2, 0.25) is 0 Å². The Balaban J connectivity index is 2.10. The first-order valence-electron chi connectivity index (χ1n) is 5.83. The maximum Gasteiger partial charge on any atom is 0.131 e. The summed E-state index contributed by atoms with van der Waals surface area (Å²) in [6, 6.07) is 10.7. The zero-order valence-electron chi connectivity index (χ0n) is 9.94. The van der Waals surface area contributed by atoms with E-state index in [1.54, 1.807) is 11.3 Å². The number of rotatable bonds is 2. The van der Waals surface area contributed by atoms with Crippen molar-refractivity contribution in [2.24, 2.45) is 5.73 Å². The van der Waals surface area contributed by atoms with Gasteiger partial charge in [-0.25, -0.2) is 8.78 Å². The van der Waals surface area contributed by atoms with E-state index in [1.807, 2.05) is 29.6 Å². The smallest absolute Gasteiger partial charge is 0.131 e. The van der Waals surface area contributed by atoms with Gasteiger partial charge in [-0.1, -0.05) is 24.3 Å². The van der Waals surface area contributed by atoms with Crippen molar-refractivity contribution in [3.8, 4) is 0 Å². The summed E-state index contributed by atoms with van der Waals surface area (Å²) in [7, 11) is 0. The third kappa shape index (κ3) is 2.13. The second kappa shape index (κ2) is 4.72. The lowest BCUT2D eigenvalue weighted by molar-refractivity contribution is 0.566. The maximum atomic E-state index is 13.8. The first kappa shape index (κ1) is 12.3. The summed E-state index contributed by atoms with van der Waals surface area (Å²) in [5.41, 5.74) is 7.30. The van der Waals surface area contributed by atoms with Gasteiger partial charge in [0.05, 0.1) is 6.04 Å². The Morgan fingerprint density at radius 2 is 1.79 bits per heavy atom. The van der Waals surface area contributed by atoms with Crippen LogP contribution in [0.25, 0.3) is 10.1 Å². The molecule has 3 aromatic rings. The average molecular weight is 275 g/mol.